The maximum absolute atomic E-state index is 11.5. The predicted molar refractivity (Wildman–Crippen MR) is 108 cm³/mol. The Morgan fingerprint density at radius 1 is 1.10 bits per heavy atom. The van der Waals surface area contributed by atoms with Gasteiger partial charge in [-0.2, -0.15) is 0 Å². The summed E-state index contributed by atoms with van der Waals surface area (Å²) < 4.78 is 29.4. The van der Waals surface area contributed by atoms with Gasteiger partial charge in [0.1, 0.15) is 11.8 Å². The highest BCUT2D eigenvalue weighted by atomic mass is 31.2. The van der Waals surface area contributed by atoms with Gasteiger partial charge in [-0.15, -0.1) is 0 Å². The van der Waals surface area contributed by atoms with E-state index in [1.165, 1.54) is 12.7 Å². The first-order chi connectivity index (χ1) is 12.0. The molecule has 2 aromatic heterocycles. The molecule has 18 N–H and O–H groups in total. The third-order valence-electron chi connectivity index (χ3n) is 5.22. The summed E-state index contributed by atoms with van der Waals surface area (Å²) in [7, 11) is -9.20. The number of hydrogen-bond acceptors (Lipinski definition) is 11. The second-order valence-electron chi connectivity index (χ2n) is 6.81. The van der Waals surface area contributed by atoms with Crippen LogP contribution in [0.2, 0.25) is 0 Å². The zero-order valence-electron chi connectivity index (χ0n) is 16.1. The largest absolute Gasteiger partial charge is 0.469 e. The number of aromatic nitrogens is 4. The summed E-state index contributed by atoms with van der Waals surface area (Å²) in [4.78, 5) is 49.3. The molecular formula is C12H29N9O7P2. The minimum Gasteiger partial charge on any atom is -0.382 e. The second kappa shape index (κ2) is 8.90. The quantitative estimate of drug-likeness (QED) is 0.266. The fourth-order valence-electron chi connectivity index (χ4n) is 4.23. The van der Waals surface area contributed by atoms with E-state index in [4.69, 9.17) is 20.0 Å². The van der Waals surface area contributed by atoms with Crippen molar-refractivity contribution in [3.8, 4) is 0 Å². The average Bonchev–Trinajstić information content (AvgIpc) is 2.89. The van der Waals surface area contributed by atoms with Gasteiger partial charge in [-0.05, 0) is 18.8 Å². The first-order valence-electron chi connectivity index (χ1n) is 7.73. The van der Waals surface area contributed by atoms with E-state index in [0.29, 0.717) is 17.6 Å². The fraction of sp³-hybridized carbons (Fsp3) is 0.583. The topological polar surface area (TPSA) is 334 Å². The van der Waals surface area contributed by atoms with Crippen LogP contribution in [0.4, 0.5) is 5.82 Å². The molecule has 2 aliphatic rings. The minimum absolute atomic E-state index is 0. The van der Waals surface area contributed by atoms with E-state index in [2.05, 4.69) is 15.0 Å². The Morgan fingerprint density at radius 2 is 1.73 bits per heavy atom. The number of rotatable bonds is 5. The van der Waals surface area contributed by atoms with Crippen molar-refractivity contribution < 1.29 is 33.2 Å². The molecule has 174 valence electrons. The van der Waals surface area contributed by atoms with E-state index in [-0.39, 0.29) is 42.8 Å². The molecule has 0 unspecified atom stereocenters. The van der Waals surface area contributed by atoms with Gasteiger partial charge in [-0.3, -0.25) is 9.09 Å². The predicted octanol–water partition coefficient (Wildman–Crippen LogP) is 0.447. The number of imidazole rings is 1. The van der Waals surface area contributed by atoms with Crippen molar-refractivity contribution in [3.05, 3.63) is 12.7 Å². The molecule has 2 aromatic rings. The van der Waals surface area contributed by atoms with Crippen LogP contribution in [0.25, 0.3) is 11.2 Å². The summed E-state index contributed by atoms with van der Waals surface area (Å²) in [6.45, 7) is 0. The lowest BCUT2D eigenvalue weighted by molar-refractivity contribution is 0.0942. The lowest BCUT2D eigenvalue weighted by Crippen LogP contribution is -2.25. The highest BCUT2D eigenvalue weighted by molar-refractivity contribution is 7.51. The molecular weight excluding hydrogens is 444 g/mol. The smallest absolute Gasteiger partial charge is 0.382 e. The molecule has 18 heteroatoms. The van der Waals surface area contributed by atoms with Crippen molar-refractivity contribution in [3.63, 3.8) is 0 Å². The highest BCUT2D eigenvalue weighted by Crippen LogP contribution is 2.68. The van der Waals surface area contributed by atoms with Crippen LogP contribution in [0.5, 0.6) is 0 Å². The van der Waals surface area contributed by atoms with Crippen molar-refractivity contribution in [2.75, 3.05) is 11.9 Å². The standard InChI is InChI=1S/C12H17N5O7P2.4H3N/c13-10-9-11(15-4-14-10)17(5-16-9)12-1-7(12)6(3-25(18,19)20)8(2-12)24-26(21,22)23;;;;/h4-8H,1-3H2,(H2,13,14,15)(H2,18,19,20)(H2,21,22,23);4*1H3/t6-,7+,8+,12+;;;;/m1..../s1. The van der Waals surface area contributed by atoms with Crippen LogP contribution in [0.1, 0.15) is 12.8 Å². The van der Waals surface area contributed by atoms with Crippen LogP contribution in [0.15, 0.2) is 12.7 Å². The molecule has 2 heterocycles. The van der Waals surface area contributed by atoms with Crippen LogP contribution in [-0.2, 0) is 19.2 Å². The lowest BCUT2D eigenvalue weighted by atomic mass is 10.0. The molecule has 0 amide bonds. The maximum Gasteiger partial charge on any atom is 0.469 e. The summed E-state index contributed by atoms with van der Waals surface area (Å²) in [6.07, 6.45) is 2.07. The summed E-state index contributed by atoms with van der Waals surface area (Å²) >= 11 is 0. The Hall–Kier alpha value is -1.55. The van der Waals surface area contributed by atoms with Gasteiger partial charge in [0, 0.05) is 5.92 Å². The number of phosphoric ester groups is 1. The maximum atomic E-state index is 11.5. The van der Waals surface area contributed by atoms with Crippen molar-refractivity contribution >= 4 is 32.4 Å². The number of nitrogens with two attached hydrogens (primary N) is 1. The summed E-state index contributed by atoms with van der Waals surface area (Å²) in [5, 5.41) is 0. The second-order valence-corrected chi connectivity index (χ2v) is 9.70. The molecule has 0 spiro atoms. The Kier molecular flexibility index (Phi) is 8.44. The summed E-state index contributed by atoms with van der Waals surface area (Å²) in [5.74, 6) is -0.713. The number of nitrogen functional groups attached to an aromatic ring is 1. The normalized spacial score (nSPS) is 27.1. The van der Waals surface area contributed by atoms with E-state index >= 15 is 0 Å². The molecule has 0 aromatic carbocycles. The summed E-state index contributed by atoms with van der Waals surface area (Å²) in [5.41, 5.74) is 6.04. The molecule has 2 fully saturated rings. The third kappa shape index (κ3) is 4.85. The van der Waals surface area contributed by atoms with Crippen molar-refractivity contribution in [2.45, 2.75) is 24.5 Å². The molecule has 0 radical (unpaired) electrons. The molecule has 4 rings (SSSR count). The van der Waals surface area contributed by atoms with Gasteiger partial charge >= 0.3 is 15.4 Å². The van der Waals surface area contributed by atoms with E-state index in [0.717, 1.165) is 0 Å². The minimum atomic E-state index is -4.81. The number of fused-ring (bicyclic) bond motifs is 2. The van der Waals surface area contributed by atoms with Crippen molar-refractivity contribution in [1.29, 1.82) is 0 Å². The van der Waals surface area contributed by atoms with Crippen LogP contribution < -0.4 is 30.3 Å². The van der Waals surface area contributed by atoms with Crippen molar-refractivity contribution in [2.24, 2.45) is 11.8 Å². The van der Waals surface area contributed by atoms with Gasteiger partial charge < -0.3 is 54.5 Å². The fourth-order valence-corrected chi connectivity index (χ4v) is 5.85. The van der Waals surface area contributed by atoms with E-state index in [9.17, 15) is 18.9 Å². The van der Waals surface area contributed by atoms with Gasteiger partial charge in [0.25, 0.3) is 0 Å². The van der Waals surface area contributed by atoms with Crippen LogP contribution in [0, 0.1) is 11.8 Å². The lowest BCUT2D eigenvalue weighted by Gasteiger charge is -2.23. The molecule has 0 saturated heterocycles. The Balaban J connectivity index is 0.00000210. The SMILES string of the molecule is N.N.N.N.Nc1ncnc2c1ncn2[C@@]12C[C@H](OP(=O)(O)O)[C@H](CP(=O)(O)O)[C@@H]1C2. The van der Waals surface area contributed by atoms with E-state index in [1.807, 2.05) is 0 Å². The van der Waals surface area contributed by atoms with E-state index < -0.39 is 39.1 Å². The molecule has 0 bridgehead atoms. The first kappa shape index (κ1) is 28.5. The summed E-state index contributed by atoms with van der Waals surface area (Å²) in [6, 6.07) is 0. The third-order valence-corrected chi connectivity index (χ3v) is 6.66. The molecule has 4 atom stereocenters. The first-order valence-corrected chi connectivity index (χ1v) is 11.1. The van der Waals surface area contributed by atoms with Crippen LogP contribution in [-0.4, -0.2) is 51.4 Å². The zero-order valence-corrected chi connectivity index (χ0v) is 17.9. The van der Waals surface area contributed by atoms with Gasteiger partial charge in [0.05, 0.1) is 24.1 Å². The van der Waals surface area contributed by atoms with Crippen LogP contribution in [0.3, 0.4) is 0 Å². The van der Waals surface area contributed by atoms with Crippen LogP contribution >= 0.6 is 15.4 Å². The highest BCUT2D eigenvalue weighted by Gasteiger charge is 2.68. The van der Waals surface area contributed by atoms with E-state index in [1.54, 1.807) is 4.57 Å². The molecule has 2 aliphatic carbocycles. The molecule has 2 saturated carbocycles. The molecule has 0 aliphatic heterocycles. The van der Waals surface area contributed by atoms with Gasteiger partial charge in [-0.1, -0.05) is 0 Å². The monoisotopic (exact) mass is 473 g/mol. The number of nitrogens with zero attached hydrogens (tertiary/aromatic N) is 4. The Bertz CT molecular complexity index is 978. The molecule has 30 heavy (non-hydrogen) atoms. The number of hydrogen-bond donors (Lipinski definition) is 9. The van der Waals surface area contributed by atoms with Gasteiger partial charge in [0.2, 0.25) is 0 Å². The van der Waals surface area contributed by atoms with Gasteiger partial charge in [-0.25, -0.2) is 19.5 Å². The molecule has 16 nitrogen and oxygen atoms in total. The number of phosphoric acid groups is 1. The zero-order chi connectivity index (χ0) is 18.9. The number of anilines is 1. The average molecular weight is 473 g/mol. The Labute approximate surface area is 171 Å². The van der Waals surface area contributed by atoms with Crippen molar-refractivity contribution in [1.82, 2.24) is 44.1 Å². The van der Waals surface area contributed by atoms with Gasteiger partial charge in [0.15, 0.2) is 11.5 Å². The Morgan fingerprint density at radius 3 is 2.30 bits per heavy atom.